The first-order valence-corrected chi connectivity index (χ1v) is 6.26. The maximum atomic E-state index is 12.0. The molecule has 0 N–H and O–H groups in total. The van der Waals surface area contributed by atoms with Crippen molar-refractivity contribution >= 4 is 11.8 Å². The first kappa shape index (κ1) is 12.8. The van der Waals surface area contributed by atoms with Crippen LogP contribution in [-0.2, 0) is 4.74 Å². The monoisotopic (exact) mass is 250 g/mol. The van der Waals surface area contributed by atoms with Gasteiger partial charge in [0.2, 0.25) is 0 Å². The molecular formula is C13H18N2O3. The zero-order valence-electron chi connectivity index (χ0n) is 11.0. The number of rotatable bonds is 4. The molecule has 2 rings (SSSR count). The second-order valence-corrected chi connectivity index (χ2v) is 4.97. The van der Waals surface area contributed by atoms with Gasteiger partial charge in [-0.05, 0) is 19.3 Å². The number of aromatic nitrogens is 2. The zero-order valence-corrected chi connectivity index (χ0v) is 11.0. The SMILES string of the molecule is COC(=O)c1cn(C2CCC2)nc1C(=O)C(C)C. The molecule has 0 atom stereocenters. The third-order valence-electron chi connectivity index (χ3n) is 3.34. The van der Waals surface area contributed by atoms with Crippen LogP contribution in [0.1, 0.15) is 60.0 Å². The highest BCUT2D eigenvalue weighted by Gasteiger charge is 2.28. The van der Waals surface area contributed by atoms with Crippen molar-refractivity contribution in [3.05, 3.63) is 17.5 Å². The lowest BCUT2D eigenvalue weighted by molar-refractivity contribution is 0.0596. The molecule has 1 aromatic heterocycles. The van der Waals surface area contributed by atoms with Gasteiger partial charge in [-0.25, -0.2) is 4.79 Å². The van der Waals surface area contributed by atoms with Gasteiger partial charge in [0.15, 0.2) is 5.78 Å². The molecular weight excluding hydrogens is 232 g/mol. The van der Waals surface area contributed by atoms with Crippen LogP contribution in [0.15, 0.2) is 6.20 Å². The Balaban J connectivity index is 2.38. The molecule has 18 heavy (non-hydrogen) atoms. The molecule has 0 radical (unpaired) electrons. The zero-order chi connectivity index (χ0) is 13.3. The summed E-state index contributed by atoms with van der Waals surface area (Å²) in [6.07, 6.45) is 4.92. The summed E-state index contributed by atoms with van der Waals surface area (Å²) < 4.78 is 6.45. The fourth-order valence-electron chi connectivity index (χ4n) is 1.94. The summed E-state index contributed by atoms with van der Waals surface area (Å²) in [5, 5.41) is 4.29. The van der Waals surface area contributed by atoms with Crippen LogP contribution in [0.3, 0.4) is 0 Å². The van der Waals surface area contributed by atoms with E-state index in [0.29, 0.717) is 6.04 Å². The lowest BCUT2D eigenvalue weighted by atomic mass is 9.93. The van der Waals surface area contributed by atoms with Crippen molar-refractivity contribution in [2.45, 2.75) is 39.2 Å². The smallest absolute Gasteiger partial charge is 0.341 e. The summed E-state index contributed by atoms with van der Waals surface area (Å²) in [4.78, 5) is 23.7. The number of hydrogen-bond acceptors (Lipinski definition) is 4. The summed E-state index contributed by atoms with van der Waals surface area (Å²) in [5.74, 6) is -0.795. The van der Waals surface area contributed by atoms with Crippen molar-refractivity contribution in [3.8, 4) is 0 Å². The Bertz CT molecular complexity index is 473. The Morgan fingerprint density at radius 1 is 1.44 bits per heavy atom. The summed E-state index contributed by atoms with van der Waals surface area (Å²) in [5.41, 5.74) is 0.520. The standard InChI is InChI=1S/C13H18N2O3/c1-8(2)12(16)11-10(13(17)18-3)7-15(14-11)9-5-4-6-9/h7-9H,4-6H2,1-3H3. The number of ether oxygens (including phenoxy) is 1. The van der Waals surface area contributed by atoms with E-state index < -0.39 is 5.97 Å². The highest BCUT2D eigenvalue weighted by atomic mass is 16.5. The maximum Gasteiger partial charge on any atom is 0.341 e. The predicted molar refractivity (Wildman–Crippen MR) is 65.6 cm³/mol. The molecule has 0 saturated heterocycles. The van der Waals surface area contributed by atoms with E-state index in [1.165, 1.54) is 13.5 Å². The fourth-order valence-corrected chi connectivity index (χ4v) is 1.94. The van der Waals surface area contributed by atoms with Gasteiger partial charge < -0.3 is 4.74 Å². The minimum atomic E-state index is -0.496. The molecule has 0 aromatic carbocycles. The van der Waals surface area contributed by atoms with Gasteiger partial charge in [0.05, 0.1) is 13.2 Å². The van der Waals surface area contributed by atoms with Gasteiger partial charge in [-0.2, -0.15) is 5.10 Å². The Labute approximate surface area is 106 Å². The van der Waals surface area contributed by atoms with Crippen molar-refractivity contribution in [1.82, 2.24) is 9.78 Å². The van der Waals surface area contributed by atoms with Crippen molar-refractivity contribution < 1.29 is 14.3 Å². The number of Topliss-reactive ketones (excluding diaryl/α,β-unsaturated/α-hetero) is 1. The minimum absolute atomic E-state index is 0.117. The Morgan fingerprint density at radius 2 is 2.11 bits per heavy atom. The molecule has 5 heteroatoms. The van der Waals surface area contributed by atoms with E-state index in [-0.39, 0.29) is 23.0 Å². The number of esters is 1. The quantitative estimate of drug-likeness (QED) is 0.607. The van der Waals surface area contributed by atoms with Gasteiger partial charge in [-0.1, -0.05) is 13.8 Å². The number of methoxy groups -OCH3 is 1. The van der Waals surface area contributed by atoms with E-state index in [1.807, 2.05) is 0 Å². The first-order valence-electron chi connectivity index (χ1n) is 6.26. The van der Waals surface area contributed by atoms with E-state index in [2.05, 4.69) is 5.10 Å². The molecule has 98 valence electrons. The molecule has 0 unspecified atom stereocenters. The average Bonchev–Trinajstić information content (AvgIpc) is 2.69. The van der Waals surface area contributed by atoms with Gasteiger partial charge in [-0.3, -0.25) is 9.48 Å². The summed E-state index contributed by atoms with van der Waals surface area (Å²) >= 11 is 0. The van der Waals surface area contributed by atoms with Crippen molar-refractivity contribution in [2.75, 3.05) is 7.11 Å². The van der Waals surface area contributed by atoms with Crippen molar-refractivity contribution in [3.63, 3.8) is 0 Å². The Hall–Kier alpha value is -1.65. The van der Waals surface area contributed by atoms with Gasteiger partial charge >= 0.3 is 5.97 Å². The third kappa shape index (κ3) is 2.17. The maximum absolute atomic E-state index is 12.0. The predicted octanol–water partition coefficient (Wildman–Crippen LogP) is 2.23. The highest BCUT2D eigenvalue weighted by Crippen LogP contribution is 2.31. The molecule has 1 aromatic rings. The van der Waals surface area contributed by atoms with E-state index in [4.69, 9.17) is 4.74 Å². The van der Waals surface area contributed by atoms with Crippen LogP contribution >= 0.6 is 0 Å². The number of nitrogens with zero attached hydrogens (tertiary/aromatic N) is 2. The lowest BCUT2D eigenvalue weighted by Crippen LogP contribution is -2.18. The molecule has 0 bridgehead atoms. The van der Waals surface area contributed by atoms with E-state index in [9.17, 15) is 9.59 Å². The first-order chi connectivity index (χ1) is 8.54. The summed E-state index contributed by atoms with van der Waals surface area (Å²) in [6.45, 7) is 3.59. The molecule has 0 aliphatic heterocycles. The largest absolute Gasteiger partial charge is 0.465 e. The number of carbonyl (C=O) groups excluding carboxylic acids is 2. The third-order valence-corrected chi connectivity index (χ3v) is 3.34. The van der Waals surface area contributed by atoms with Gasteiger partial charge in [0.25, 0.3) is 0 Å². The van der Waals surface area contributed by atoms with Crippen LogP contribution in [0.2, 0.25) is 0 Å². The van der Waals surface area contributed by atoms with Crippen LogP contribution < -0.4 is 0 Å². The van der Waals surface area contributed by atoms with Crippen molar-refractivity contribution in [1.29, 1.82) is 0 Å². The topological polar surface area (TPSA) is 61.2 Å². The van der Waals surface area contributed by atoms with Gasteiger partial charge in [-0.15, -0.1) is 0 Å². The van der Waals surface area contributed by atoms with Crippen molar-refractivity contribution in [2.24, 2.45) is 5.92 Å². The van der Waals surface area contributed by atoms with Crippen LogP contribution in [0.4, 0.5) is 0 Å². The fraction of sp³-hybridized carbons (Fsp3) is 0.615. The van der Waals surface area contributed by atoms with Crippen LogP contribution in [-0.4, -0.2) is 28.6 Å². The van der Waals surface area contributed by atoms with Crippen LogP contribution in [0, 0.1) is 5.92 Å². The van der Waals surface area contributed by atoms with Crippen LogP contribution in [0.25, 0.3) is 0 Å². The second kappa shape index (κ2) is 4.92. The summed E-state index contributed by atoms with van der Waals surface area (Å²) in [6, 6.07) is 0.321. The number of hydrogen-bond donors (Lipinski definition) is 0. The number of carbonyl (C=O) groups is 2. The van der Waals surface area contributed by atoms with E-state index in [0.717, 1.165) is 12.8 Å². The summed E-state index contributed by atoms with van der Waals surface area (Å²) in [7, 11) is 1.31. The molecule has 1 fully saturated rings. The molecule has 5 nitrogen and oxygen atoms in total. The highest BCUT2D eigenvalue weighted by molar-refractivity contribution is 6.05. The minimum Gasteiger partial charge on any atom is -0.465 e. The Morgan fingerprint density at radius 3 is 2.56 bits per heavy atom. The number of ketones is 1. The van der Waals surface area contributed by atoms with Gasteiger partial charge in [0.1, 0.15) is 11.3 Å². The van der Waals surface area contributed by atoms with E-state index in [1.54, 1.807) is 24.7 Å². The molecule has 1 aliphatic carbocycles. The Kier molecular flexibility index (Phi) is 3.50. The van der Waals surface area contributed by atoms with Crippen LogP contribution in [0.5, 0.6) is 0 Å². The molecule has 0 spiro atoms. The van der Waals surface area contributed by atoms with Gasteiger partial charge in [0, 0.05) is 12.1 Å². The van der Waals surface area contributed by atoms with E-state index >= 15 is 0 Å². The average molecular weight is 250 g/mol. The molecule has 1 heterocycles. The molecule has 1 aliphatic rings. The molecule has 1 saturated carbocycles. The second-order valence-electron chi connectivity index (χ2n) is 4.97. The normalized spacial score (nSPS) is 15.6. The molecule has 0 amide bonds. The lowest BCUT2D eigenvalue weighted by Gasteiger charge is -2.25.